The van der Waals surface area contributed by atoms with Crippen molar-refractivity contribution in [3.8, 4) is 5.75 Å². The molecule has 3 fully saturated rings. The third kappa shape index (κ3) is 15.6. The van der Waals surface area contributed by atoms with Gasteiger partial charge in [0.05, 0.1) is 17.4 Å². The van der Waals surface area contributed by atoms with E-state index in [0.717, 1.165) is 48.3 Å². The van der Waals surface area contributed by atoms with Gasteiger partial charge in [0, 0.05) is 43.8 Å². The number of nitrogens with zero attached hydrogens (tertiary/aromatic N) is 1. The van der Waals surface area contributed by atoms with Gasteiger partial charge in [-0.1, -0.05) is 97.9 Å². The Bertz CT molecular complexity index is 2340. The minimum Gasteiger partial charge on any atom is -0.429 e. The Balaban J connectivity index is 0.887. The molecule has 4 aliphatic rings. The summed E-state index contributed by atoms with van der Waals surface area (Å²) in [5.41, 5.74) is 8.46. The number of nitro benzene ring substituents is 1. The van der Waals surface area contributed by atoms with Crippen LogP contribution in [0.3, 0.4) is 0 Å². The number of rotatable bonds is 26. The summed E-state index contributed by atoms with van der Waals surface area (Å²) in [6.07, 6.45) is 16.2. The second-order valence-electron chi connectivity index (χ2n) is 23.0. The maximum atomic E-state index is 13.6. The van der Waals surface area contributed by atoms with Gasteiger partial charge >= 0.3 is 6.16 Å². The van der Waals surface area contributed by atoms with Crippen molar-refractivity contribution in [3.05, 3.63) is 75.9 Å². The SMILES string of the molecule is CC[C@H](C)[C@H](NC(=O)CCC(=O)NCCCO[C@H]1CC[C@@]2(C)C(=CC[C@H]3[C@@H]4CC[C@H]([C@H](C)CCCC(C)C)[C@@]4(C)CC[C@@H]32)C1)C(=O)N[C@@H](CC(N)=O)C(=O)Nc1ccc(COC(=O)Oc2ccc([N+](=O)[O-])cc2)cc1. The summed E-state index contributed by atoms with van der Waals surface area (Å²) in [5.74, 6) is 1.46. The molecule has 0 aromatic heterocycles. The molecule has 0 aliphatic heterocycles. The van der Waals surface area contributed by atoms with Gasteiger partial charge in [-0.3, -0.25) is 34.1 Å². The van der Waals surface area contributed by atoms with E-state index in [0.29, 0.717) is 42.7 Å². The lowest BCUT2D eigenvalue weighted by Gasteiger charge is -2.58. The van der Waals surface area contributed by atoms with Crippen LogP contribution < -0.4 is 31.7 Å². The van der Waals surface area contributed by atoms with Gasteiger partial charge in [0.25, 0.3) is 5.69 Å². The highest BCUT2D eigenvalue weighted by Gasteiger charge is 2.59. The van der Waals surface area contributed by atoms with Crippen LogP contribution in [-0.4, -0.2) is 72.0 Å². The number of carbonyl (C=O) groups is 6. The minimum atomic E-state index is -1.38. The molecule has 5 amide bonds. The van der Waals surface area contributed by atoms with Crippen molar-refractivity contribution in [1.29, 1.82) is 0 Å². The quantitative estimate of drug-likeness (QED) is 0.0148. The van der Waals surface area contributed by atoms with E-state index in [1.807, 2.05) is 6.92 Å². The number of hydrogen-bond donors (Lipinski definition) is 5. The highest BCUT2D eigenvalue weighted by atomic mass is 16.7. The zero-order chi connectivity index (χ0) is 54.5. The minimum absolute atomic E-state index is 0.0577. The lowest BCUT2D eigenvalue weighted by molar-refractivity contribution is -0.384. The number of non-ortho nitro benzene ring substituents is 1. The van der Waals surface area contributed by atoms with Gasteiger partial charge in [-0.05, 0) is 140 Å². The molecule has 0 bridgehead atoms. The molecule has 0 unspecified atom stereocenters. The number of anilines is 1. The van der Waals surface area contributed by atoms with E-state index < -0.39 is 53.2 Å². The Morgan fingerprint density at radius 3 is 2.24 bits per heavy atom. The Morgan fingerprint density at radius 2 is 1.56 bits per heavy atom. The molecule has 0 heterocycles. The van der Waals surface area contributed by atoms with Gasteiger partial charge in [0.15, 0.2) is 0 Å². The standard InChI is InChI=1S/C58H84N6O11/c1-8-37(4)53(55(69)62-49(34-50(59)65)54(68)61-41-16-13-39(14-17-41)35-74-56(70)75-43-20-18-42(19-21-43)64(71)72)63-52(67)26-25-51(66)60-31-10-32-73-44-27-29-57(6)40(33-44)15-22-45-47-24-23-46(38(5)12-9-11-36(2)3)58(47,7)30-28-48(45)57/h13-21,36-38,44-49,53H,8-12,22-35H2,1-7H3,(H2,59,65)(H,60,66)(H,61,68)(H,62,69)(H,63,67)/t37-,38+,44-,45-,46+,47-,48-,49-,53-,57-,58+/m0/s1. The van der Waals surface area contributed by atoms with Crippen molar-refractivity contribution in [1.82, 2.24) is 16.0 Å². The number of primary amides is 1. The summed E-state index contributed by atoms with van der Waals surface area (Å²) in [4.78, 5) is 87.4. The van der Waals surface area contributed by atoms with E-state index >= 15 is 0 Å². The molecule has 0 saturated heterocycles. The lowest BCUT2D eigenvalue weighted by Crippen LogP contribution is -2.55. The van der Waals surface area contributed by atoms with Crippen LogP contribution in [-0.2, 0) is 40.1 Å². The van der Waals surface area contributed by atoms with Crippen LogP contribution in [0.2, 0.25) is 0 Å². The summed E-state index contributed by atoms with van der Waals surface area (Å²) in [7, 11) is 0. The molecular weight excluding hydrogens is 957 g/mol. The Kier molecular flexibility index (Phi) is 20.9. The zero-order valence-corrected chi connectivity index (χ0v) is 45.4. The fraction of sp³-hybridized carbons (Fsp3) is 0.655. The average Bonchev–Trinajstić information content (AvgIpc) is 3.73. The van der Waals surface area contributed by atoms with Crippen molar-refractivity contribution in [2.24, 2.45) is 58.0 Å². The number of amides is 5. The predicted octanol–water partition coefficient (Wildman–Crippen LogP) is 9.85. The van der Waals surface area contributed by atoms with Gasteiger partial charge < -0.3 is 41.2 Å². The van der Waals surface area contributed by atoms with E-state index in [9.17, 15) is 38.9 Å². The van der Waals surface area contributed by atoms with Gasteiger partial charge in [0.2, 0.25) is 29.5 Å². The van der Waals surface area contributed by atoms with E-state index in [2.05, 4.69) is 62.0 Å². The Morgan fingerprint density at radius 1 is 0.840 bits per heavy atom. The first-order valence-electron chi connectivity index (χ1n) is 27.6. The summed E-state index contributed by atoms with van der Waals surface area (Å²) in [6, 6.07) is 8.61. The first-order chi connectivity index (χ1) is 35.7. The Labute approximate surface area is 443 Å². The third-order valence-electron chi connectivity index (χ3n) is 17.5. The van der Waals surface area contributed by atoms with Crippen molar-refractivity contribution in [2.75, 3.05) is 18.5 Å². The summed E-state index contributed by atoms with van der Waals surface area (Å²) in [6.45, 7) is 16.8. The molecule has 0 radical (unpaired) electrons. The topological polar surface area (TPSA) is 247 Å². The van der Waals surface area contributed by atoms with Gasteiger partial charge in [0.1, 0.15) is 24.4 Å². The first kappa shape index (κ1) is 58.4. The van der Waals surface area contributed by atoms with Crippen molar-refractivity contribution < 1.29 is 47.9 Å². The van der Waals surface area contributed by atoms with E-state index in [1.165, 1.54) is 94.2 Å². The summed E-state index contributed by atoms with van der Waals surface area (Å²) < 4.78 is 16.6. The van der Waals surface area contributed by atoms with E-state index in [4.69, 9.17) is 19.9 Å². The summed E-state index contributed by atoms with van der Waals surface area (Å²) >= 11 is 0. The number of fused-ring (bicyclic) bond motifs is 5. The van der Waals surface area contributed by atoms with Gasteiger partial charge in [-0.15, -0.1) is 0 Å². The normalized spacial score (nSPS) is 25.4. The highest BCUT2D eigenvalue weighted by Crippen LogP contribution is 2.67. The molecule has 11 atom stereocenters. The number of nitrogens with one attached hydrogen (secondary N) is 4. The molecular formula is C58H84N6O11. The maximum absolute atomic E-state index is 13.6. The van der Waals surface area contributed by atoms with E-state index in [1.54, 1.807) is 24.6 Å². The predicted molar refractivity (Wildman–Crippen MR) is 286 cm³/mol. The number of hydrogen-bond acceptors (Lipinski definition) is 11. The molecule has 6 N–H and O–H groups in total. The number of nitro groups is 1. The molecule has 2 aromatic carbocycles. The van der Waals surface area contributed by atoms with Crippen LogP contribution in [0.1, 0.15) is 157 Å². The first-order valence-corrected chi connectivity index (χ1v) is 27.6. The summed E-state index contributed by atoms with van der Waals surface area (Å²) in [5, 5.41) is 21.7. The van der Waals surface area contributed by atoms with Crippen LogP contribution >= 0.6 is 0 Å². The average molecular weight is 1040 g/mol. The Hall–Kier alpha value is -5.84. The second kappa shape index (κ2) is 26.8. The van der Waals surface area contributed by atoms with Crippen LogP contribution in [0.15, 0.2) is 60.2 Å². The molecule has 17 nitrogen and oxygen atoms in total. The fourth-order valence-corrected chi connectivity index (χ4v) is 13.1. The lowest BCUT2D eigenvalue weighted by atomic mass is 9.47. The highest BCUT2D eigenvalue weighted by molar-refractivity contribution is 6.00. The van der Waals surface area contributed by atoms with Gasteiger partial charge in [-0.25, -0.2) is 4.79 Å². The van der Waals surface area contributed by atoms with Crippen molar-refractivity contribution >= 4 is 47.1 Å². The van der Waals surface area contributed by atoms with Crippen LogP contribution in [0.25, 0.3) is 0 Å². The van der Waals surface area contributed by atoms with Crippen molar-refractivity contribution in [3.63, 3.8) is 0 Å². The number of benzene rings is 2. The molecule has 17 heteroatoms. The van der Waals surface area contributed by atoms with Gasteiger partial charge in [-0.2, -0.15) is 0 Å². The van der Waals surface area contributed by atoms with Crippen LogP contribution in [0, 0.1) is 62.4 Å². The molecule has 75 heavy (non-hydrogen) atoms. The smallest absolute Gasteiger partial charge is 0.429 e. The fourth-order valence-electron chi connectivity index (χ4n) is 13.1. The van der Waals surface area contributed by atoms with E-state index in [-0.39, 0.29) is 54.2 Å². The van der Waals surface area contributed by atoms with Crippen LogP contribution in [0.4, 0.5) is 16.2 Å². The number of carbonyl (C=O) groups excluding carboxylic acids is 6. The van der Waals surface area contributed by atoms with Crippen molar-refractivity contribution in [2.45, 2.75) is 176 Å². The third-order valence-corrected chi connectivity index (χ3v) is 17.5. The molecule has 0 spiro atoms. The molecule has 3 saturated carbocycles. The number of ether oxygens (including phenoxy) is 3. The van der Waals surface area contributed by atoms with Crippen LogP contribution in [0.5, 0.6) is 5.75 Å². The maximum Gasteiger partial charge on any atom is 0.514 e. The molecule has 2 aromatic rings. The largest absolute Gasteiger partial charge is 0.514 e. The molecule has 4 aliphatic carbocycles. The molecule has 412 valence electrons. The number of nitrogens with two attached hydrogens (primary N) is 1. The monoisotopic (exact) mass is 1040 g/mol. The zero-order valence-electron chi connectivity index (χ0n) is 45.4. The second-order valence-corrected chi connectivity index (χ2v) is 23.0. The molecule has 6 rings (SSSR count). The number of allylic oxidation sites excluding steroid dienone is 1.